The summed E-state index contributed by atoms with van der Waals surface area (Å²) in [6.45, 7) is 8.20. The van der Waals surface area contributed by atoms with Gasteiger partial charge in [0, 0.05) is 40.8 Å². The maximum Gasteiger partial charge on any atom is 0.205 e. The molecule has 0 amide bonds. The molecular formula is C29H28N2O3. The summed E-state index contributed by atoms with van der Waals surface area (Å²) in [5.41, 5.74) is 7.10. The molecule has 1 aliphatic rings. The molecule has 34 heavy (non-hydrogen) atoms. The van der Waals surface area contributed by atoms with Crippen LogP contribution in [0, 0.1) is 6.92 Å². The van der Waals surface area contributed by atoms with Crippen molar-refractivity contribution in [3.05, 3.63) is 93.5 Å². The van der Waals surface area contributed by atoms with Crippen molar-refractivity contribution in [3.63, 3.8) is 0 Å². The monoisotopic (exact) mass is 452 g/mol. The highest BCUT2D eigenvalue weighted by atomic mass is 16.5. The Hall–Kier alpha value is -3.73. The van der Waals surface area contributed by atoms with Gasteiger partial charge in [-0.25, -0.2) is 0 Å². The number of ketones is 2. The molecule has 0 aliphatic heterocycles. The standard InChI is InChI=1S/C29H28N2O3/c1-17-6-5-7-25-24(17)16-26(30-25)28(33)21-12-19-9-8-18(10-20(19)13-21)11-23(32)14-22-15-27(34-31-22)29(2,3)4/h5-10,12,15-16,30H,11,13-14H2,1-4H3. The van der Waals surface area contributed by atoms with Crippen molar-refractivity contribution < 1.29 is 14.1 Å². The van der Waals surface area contributed by atoms with Gasteiger partial charge in [-0.2, -0.15) is 0 Å². The molecule has 0 radical (unpaired) electrons. The Morgan fingerprint density at radius 2 is 1.88 bits per heavy atom. The van der Waals surface area contributed by atoms with Crippen LogP contribution in [0.15, 0.2) is 58.6 Å². The molecule has 0 bridgehead atoms. The van der Waals surface area contributed by atoms with Crippen LogP contribution in [0.3, 0.4) is 0 Å². The summed E-state index contributed by atoms with van der Waals surface area (Å²) in [6, 6.07) is 15.8. The van der Waals surface area contributed by atoms with Crippen molar-refractivity contribution in [1.82, 2.24) is 10.1 Å². The molecule has 1 N–H and O–H groups in total. The molecule has 1 aliphatic carbocycles. The van der Waals surface area contributed by atoms with Crippen molar-refractivity contribution >= 4 is 28.5 Å². The van der Waals surface area contributed by atoms with Crippen molar-refractivity contribution in [2.75, 3.05) is 0 Å². The first-order valence-corrected chi connectivity index (χ1v) is 11.6. The van der Waals surface area contributed by atoms with Crippen molar-refractivity contribution in [1.29, 1.82) is 0 Å². The summed E-state index contributed by atoms with van der Waals surface area (Å²) >= 11 is 0. The number of nitrogens with one attached hydrogen (secondary N) is 1. The van der Waals surface area contributed by atoms with E-state index in [0.29, 0.717) is 24.2 Å². The molecule has 0 saturated heterocycles. The summed E-state index contributed by atoms with van der Waals surface area (Å²) in [5.74, 6) is 0.885. The molecule has 4 aromatic rings. The third kappa shape index (κ3) is 4.26. The van der Waals surface area contributed by atoms with Crippen LogP contribution in [0.1, 0.15) is 65.0 Å². The van der Waals surface area contributed by atoms with Gasteiger partial charge in [0.25, 0.3) is 0 Å². The Balaban J connectivity index is 1.26. The molecule has 0 fully saturated rings. The van der Waals surface area contributed by atoms with Gasteiger partial charge in [-0.3, -0.25) is 9.59 Å². The van der Waals surface area contributed by atoms with Crippen molar-refractivity contribution in [2.45, 2.75) is 52.4 Å². The van der Waals surface area contributed by atoms with Gasteiger partial charge in [-0.1, -0.05) is 56.3 Å². The number of aromatic nitrogens is 2. The Morgan fingerprint density at radius 3 is 2.62 bits per heavy atom. The normalized spacial score (nSPS) is 13.2. The lowest BCUT2D eigenvalue weighted by molar-refractivity contribution is -0.117. The number of aryl methyl sites for hydroxylation is 1. The molecule has 5 rings (SSSR count). The number of hydrogen-bond donors (Lipinski definition) is 1. The highest BCUT2D eigenvalue weighted by molar-refractivity contribution is 6.13. The zero-order chi connectivity index (χ0) is 24.0. The van der Waals surface area contributed by atoms with Gasteiger partial charge < -0.3 is 9.51 Å². The molecule has 5 nitrogen and oxygen atoms in total. The first kappa shape index (κ1) is 22.1. The van der Waals surface area contributed by atoms with Gasteiger partial charge >= 0.3 is 0 Å². The third-order valence-corrected chi connectivity index (χ3v) is 6.41. The van der Waals surface area contributed by atoms with E-state index in [-0.39, 0.29) is 23.4 Å². The van der Waals surface area contributed by atoms with E-state index in [4.69, 9.17) is 4.52 Å². The summed E-state index contributed by atoms with van der Waals surface area (Å²) in [4.78, 5) is 29.1. The van der Waals surface area contributed by atoms with Gasteiger partial charge in [-0.05, 0) is 47.4 Å². The van der Waals surface area contributed by atoms with Crippen molar-refractivity contribution in [3.8, 4) is 0 Å². The molecule has 172 valence electrons. The molecule has 0 unspecified atom stereocenters. The first-order chi connectivity index (χ1) is 16.2. The average Bonchev–Trinajstić information content (AvgIpc) is 3.50. The van der Waals surface area contributed by atoms with Crippen LogP contribution in [-0.2, 0) is 29.5 Å². The second-order valence-electron chi connectivity index (χ2n) is 10.3. The molecular weight excluding hydrogens is 424 g/mol. The second-order valence-corrected chi connectivity index (χ2v) is 10.3. The summed E-state index contributed by atoms with van der Waals surface area (Å²) in [7, 11) is 0. The maximum absolute atomic E-state index is 13.2. The lowest BCUT2D eigenvalue weighted by Crippen LogP contribution is -2.09. The maximum atomic E-state index is 13.2. The minimum absolute atomic E-state index is 0.0186. The average molecular weight is 453 g/mol. The number of aromatic amines is 1. The van der Waals surface area contributed by atoms with Gasteiger partial charge in [0.15, 0.2) is 0 Å². The fraction of sp³-hybridized carbons (Fsp3) is 0.276. The van der Waals surface area contributed by atoms with Crippen LogP contribution < -0.4 is 0 Å². The van der Waals surface area contributed by atoms with Gasteiger partial charge in [0.05, 0.1) is 17.8 Å². The highest BCUT2D eigenvalue weighted by Crippen LogP contribution is 2.30. The minimum atomic E-state index is -0.137. The lowest BCUT2D eigenvalue weighted by Gasteiger charge is -2.12. The van der Waals surface area contributed by atoms with Crippen LogP contribution in [-0.4, -0.2) is 21.7 Å². The van der Waals surface area contributed by atoms with Gasteiger partial charge in [0.2, 0.25) is 5.78 Å². The zero-order valence-electron chi connectivity index (χ0n) is 20.0. The Kier molecular flexibility index (Phi) is 5.35. The first-order valence-electron chi connectivity index (χ1n) is 11.6. The summed E-state index contributed by atoms with van der Waals surface area (Å²) in [5, 5.41) is 5.13. The minimum Gasteiger partial charge on any atom is -0.361 e. The Morgan fingerprint density at radius 1 is 1.06 bits per heavy atom. The molecule has 0 spiro atoms. The van der Waals surface area contributed by atoms with E-state index in [1.165, 1.54) is 0 Å². The Bertz CT molecular complexity index is 1460. The number of hydrogen-bond acceptors (Lipinski definition) is 4. The summed E-state index contributed by atoms with van der Waals surface area (Å²) < 4.78 is 5.39. The molecule has 0 saturated carbocycles. The largest absolute Gasteiger partial charge is 0.361 e. The number of allylic oxidation sites excluding steroid dienone is 1. The third-order valence-electron chi connectivity index (χ3n) is 6.41. The van der Waals surface area contributed by atoms with Crippen LogP contribution in [0.2, 0.25) is 0 Å². The number of H-pyrrole nitrogens is 1. The molecule has 2 aromatic heterocycles. The van der Waals surface area contributed by atoms with Gasteiger partial charge in [-0.15, -0.1) is 0 Å². The van der Waals surface area contributed by atoms with E-state index in [9.17, 15) is 9.59 Å². The molecule has 0 atom stereocenters. The zero-order valence-corrected chi connectivity index (χ0v) is 20.0. The fourth-order valence-corrected chi connectivity index (χ4v) is 4.50. The van der Waals surface area contributed by atoms with E-state index in [1.54, 1.807) is 0 Å². The fourth-order valence-electron chi connectivity index (χ4n) is 4.50. The predicted molar refractivity (Wildman–Crippen MR) is 133 cm³/mol. The number of carbonyl (C=O) groups is 2. The van der Waals surface area contributed by atoms with Crippen LogP contribution in [0.25, 0.3) is 17.0 Å². The van der Waals surface area contributed by atoms with E-state index in [1.807, 2.05) is 61.5 Å². The predicted octanol–water partition coefficient (Wildman–Crippen LogP) is 5.94. The summed E-state index contributed by atoms with van der Waals surface area (Å²) in [6.07, 6.45) is 3.11. The number of carbonyl (C=O) groups excluding carboxylic acids is 2. The quantitative estimate of drug-likeness (QED) is 0.367. The second kappa shape index (κ2) is 8.24. The number of benzene rings is 2. The number of Topliss-reactive ketones (excluding diaryl/α,β-unsaturated/α-hetero) is 2. The highest BCUT2D eigenvalue weighted by Gasteiger charge is 2.23. The molecule has 2 aromatic carbocycles. The number of nitrogens with zero attached hydrogens (tertiary/aromatic N) is 1. The van der Waals surface area contributed by atoms with E-state index < -0.39 is 0 Å². The topological polar surface area (TPSA) is 76.0 Å². The SMILES string of the molecule is Cc1cccc2[nH]c(C(=O)C3=Cc4ccc(CC(=O)Cc5cc(C(C)(C)C)on5)cc4C3)cc12. The van der Waals surface area contributed by atoms with Crippen LogP contribution >= 0.6 is 0 Å². The Labute approximate surface area is 198 Å². The molecule has 5 heteroatoms. The van der Waals surface area contributed by atoms with Crippen LogP contribution in [0.5, 0.6) is 0 Å². The number of fused-ring (bicyclic) bond motifs is 2. The van der Waals surface area contributed by atoms with Crippen LogP contribution in [0.4, 0.5) is 0 Å². The van der Waals surface area contributed by atoms with E-state index >= 15 is 0 Å². The van der Waals surface area contributed by atoms with Gasteiger partial charge in [0.1, 0.15) is 11.5 Å². The van der Waals surface area contributed by atoms with E-state index in [0.717, 1.165) is 44.5 Å². The smallest absolute Gasteiger partial charge is 0.205 e. The molecule has 2 heterocycles. The van der Waals surface area contributed by atoms with E-state index in [2.05, 4.69) is 30.9 Å². The lowest BCUT2D eigenvalue weighted by atomic mass is 9.93. The number of rotatable bonds is 6. The van der Waals surface area contributed by atoms with Crippen molar-refractivity contribution in [2.24, 2.45) is 0 Å².